The summed E-state index contributed by atoms with van der Waals surface area (Å²) < 4.78 is 9.57. The van der Waals surface area contributed by atoms with E-state index < -0.39 is 17.9 Å². The number of amides is 3. The number of nitrogen functional groups attached to an aromatic ring is 1. The third-order valence-electron chi connectivity index (χ3n) is 5.77. The molecule has 10 heteroatoms. The Morgan fingerprint density at radius 2 is 1.91 bits per heavy atom. The van der Waals surface area contributed by atoms with E-state index >= 15 is 0 Å². The fraction of sp³-hybridized carbons (Fsp3) is 0.304. The highest BCUT2D eigenvalue weighted by atomic mass is 32.1. The molecule has 1 fully saturated rings. The zero-order valence-electron chi connectivity index (χ0n) is 18.1. The maximum atomic E-state index is 13.9. The largest absolute Gasteiger partial charge is 0.467 e. The third kappa shape index (κ3) is 4.47. The minimum absolute atomic E-state index is 0.0253. The Bertz CT molecular complexity index is 1170. The van der Waals surface area contributed by atoms with Crippen molar-refractivity contribution in [3.05, 3.63) is 64.6 Å². The van der Waals surface area contributed by atoms with E-state index in [2.05, 4.69) is 9.69 Å². The normalized spacial score (nSPS) is 14.7. The molecule has 0 radical (unpaired) electrons. The van der Waals surface area contributed by atoms with Gasteiger partial charge in [-0.3, -0.25) is 19.3 Å². The number of hydrogen-bond donors (Lipinski definition) is 3. The van der Waals surface area contributed by atoms with Gasteiger partial charge in [0.25, 0.3) is 17.7 Å². The quantitative estimate of drug-likeness (QED) is 0.487. The van der Waals surface area contributed by atoms with Crippen molar-refractivity contribution >= 4 is 40.6 Å². The van der Waals surface area contributed by atoms with Crippen LogP contribution in [0.3, 0.4) is 0 Å². The molecule has 0 saturated heterocycles. The van der Waals surface area contributed by atoms with Gasteiger partial charge in [0.15, 0.2) is 11.7 Å². The van der Waals surface area contributed by atoms with Gasteiger partial charge in [-0.25, -0.2) is 0 Å². The molecular weight excluding hydrogens is 442 g/mol. The number of carbonyl (C=O) groups is 3. The van der Waals surface area contributed by atoms with Gasteiger partial charge in [-0.05, 0) is 55.1 Å². The van der Waals surface area contributed by atoms with E-state index in [0.717, 1.165) is 42.8 Å². The topological polar surface area (TPSA) is 145 Å². The van der Waals surface area contributed by atoms with Crippen molar-refractivity contribution in [2.75, 3.05) is 10.6 Å². The van der Waals surface area contributed by atoms with Crippen LogP contribution in [0.1, 0.15) is 63.2 Å². The van der Waals surface area contributed by atoms with Crippen LogP contribution in [0.25, 0.3) is 0 Å². The number of benzene rings is 1. The SMILES string of the molecule is Cc1ccccc1N(C(=O)c1snc(C(N)=O)c1N)[C@H](C(=O)NC1CCCC1)c1ccco1. The summed E-state index contributed by atoms with van der Waals surface area (Å²) in [6, 6.07) is 9.48. The maximum Gasteiger partial charge on any atom is 0.273 e. The minimum Gasteiger partial charge on any atom is -0.467 e. The number of aromatic nitrogens is 1. The second-order valence-corrected chi connectivity index (χ2v) is 8.78. The molecule has 9 nitrogen and oxygen atoms in total. The summed E-state index contributed by atoms with van der Waals surface area (Å²) in [6.45, 7) is 1.84. The highest BCUT2D eigenvalue weighted by Gasteiger charge is 2.39. The van der Waals surface area contributed by atoms with Crippen LogP contribution in [-0.4, -0.2) is 28.1 Å². The second kappa shape index (κ2) is 9.45. The Morgan fingerprint density at radius 1 is 1.18 bits per heavy atom. The molecule has 1 saturated carbocycles. The van der Waals surface area contributed by atoms with E-state index in [9.17, 15) is 14.4 Å². The summed E-state index contributed by atoms with van der Waals surface area (Å²) in [5.74, 6) is -1.45. The van der Waals surface area contributed by atoms with Crippen molar-refractivity contribution in [2.24, 2.45) is 5.73 Å². The van der Waals surface area contributed by atoms with Crippen LogP contribution >= 0.6 is 11.5 Å². The van der Waals surface area contributed by atoms with E-state index in [1.54, 1.807) is 24.3 Å². The van der Waals surface area contributed by atoms with Crippen molar-refractivity contribution in [1.29, 1.82) is 0 Å². The smallest absolute Gasteiger partial charge is 0.273 e. The lowest BCUT2D eigenvalue weighted by Crippen LogP contribution is -2.46. The molecule has 0 bridgehead atoms. The standard InChI is InChI=1S/C23H25N5O4S/c1-13-7-2-5-10-15(13)28(23(31)20-17(24)18(21(25)29)27-33-20)19(16-11-6-12-32-16)22(30)26-14-8-3-4-9-14/h2,5-7,10-12,14,19H,3-4,8-9,24H2,1H3,(H2,25,29)(H,26,30)/t19-/m0/s1. The Morgan fingerprint density at radius 3 is 2.52 bits per heavy atom. The molecule has 0 spiro atoms. The van der Waals surface area contributed by atoms with Crippen molar-refractivity contribution in [1.82, 2.24) is 9.69 Å². The molecule has 1 atom stereocenters. The molecule has 3 amide bonds. The molecule has 3 aromatic rings. The second-order valence-electron chi connectivity index (χ2n) is 8.01. The predicted octanol–water partition coefficient (Wildman–Crippen LogP) is 3.17. The predicted molar refractivity (Wildman–Crippen MR) is 125 cm³/mol. The number of furan rings is 1. The molecule has 0 unspecified atom stereocenters. The van der Waals surface area contributed by atoms with Gasteiger partial charge in [0.2, 0.25) is 0 Å². The van der Waals surface area contributed by atoms with Crippen LogP contribution in [-0.2, 0) is 4.79 Å². The van der Waals surface area contributed by atoms with Crippen LogP contribution in [0.2, 0.25) is 0 Å². The monoisotopic (exact) mass is 467 g/mol. The van der Waals surface area contributed by atoms with E-state index in [1.165, 1.54) is 11.2 Å². The summed E-state index contributed by atoms with van der Waals surface area (Å²) in [5, 5.41) is 3.07. The summed E-state index contributed by atoms with van der Waals surface area (Å²) in [5.41, 5.74) is 12.4. The van der Waals surface area contributed by atoms with E-state index in [1.807, 2.05) is 19.1 Å². The van der Waals surface area contributed by atoms with Gasteiger partial charge in [-0.15, -0.1) is 0 Å². The lowest BCUT2D eigenvalue weighted by molar-refractivity contribution is -0.123. The van der Waals surface area contributed by atoms with Crippen LogP contribution < -0.4 is 21.7 Å². The Balaban J connectivity index is 1.83. The van der Waals surface area contributed by atoms with Crippen LogP contribution in [0, 0.1) is 6.92 Å². The van der Waals surface area contributed by atoms with Gasteiger partial charge in [0.1, 0.15) is 10.6 Å². The first-order valence-electron chi connectivity index (χ1n) is 10.7. The Labute approximate surface area is 194 Å². The van der Waals surface area contributed by atoms with Crippen molar-refractivity contribution in [3.8, 4) is 0 Å². The van der Waals surface area contributed by atoms with E-state index in [0.29, 0.717) is 11.4 Å². The van der Waals surface area contributed by atoms with Crippen molar-refractivity contribution < 1.29 is 18.8 Å². The molecule has 0 aliphatic heterocycles. The summed E-state index contributed by atoms with van der Waals surface area (Å²) in [7, 11) is 0. The Hall–Kier alpha value is -3.66. The molecule has 172 valence electrons. The molecule has 2 aromatic heterocycles. The molecule has 33 heavy (non-hydrogen) atoms. The third-order valence-corrected chi connectivity index (χ3v) is 6.62. The first-order chi connectivity index (χ1) is 15.9. The van der Waals surface area contributed by atoms with Crippen LogP contribution in [0.4, 0.5) is 11.4 Å². The number of nitrogens with two attached hydrogens (primary N) is 2. The molecule has 1 aliphatic rings. The number of nitrogens with one attached hydrogen (secondary N) is 1. The lowest BCUT2D eigenvalue weighted by atomic mass is 10.1. The molecule has 1 aromatic carbocycles. The van der Waals surface area contributed by atoms with Gasteiger partial charge in [-0.2, -0.15) is 4.37 Å². The number of aryl methyl sites for hydroxylation is 1. The highest BCUT2D eigenvalue weighted by molar-refractivity contribution is 7.09. The number of hydrogen-bond acceptors (Lipinski definition) is 7. The highest BCUT2D eigenvalue weighted by Crippen LogP contribution is 2.35. The first-order valence-corrected chi connectivity index (χ1v) is 11.4. The van der Waals surface area contributed by atoms with Crippen molar-refractivity contribution in [3.63, 3.8) is 0 Å². The molecule has 5 N–H and O–H groups in total. The fourth-order valence-electron chi connectivity index (χ4n) is 4.11. The van der Waals surface area contributed by atoms with Gasteiger partial charge in [-0.1, -0.05) is 31.0 Å². The first kappa shape index (κ1) is 22.5. The van der Waals surface area contributed by atoms with Crippen LogP contribution in [0.15, 0.2) is 47.1 Å². The van der Waals surface area contributed by atoms with Gasteiger partial charge in [0, 0.05) is 11.7 Å². The summed E-state index contributed by atoms with van der Waals surface area (Å²) in [4.78, 5) is 40.5. The van der Waals surface area contributed by atoms with Crippen LogP contribution in [0.5, 0.6) is 0 Å². The average Bonchev–Trinajstić information content (AvgIpc) is 3.54. The number of nitrogens with zero attached hydrogens (tertiary/aromatic N) is 2. The van der Waals surface area contributed by atoms with Gasteiger partial charge in [0.05, 0.1) is 12.0 Å². The summed E-state index contributed by atoms with van der Waals surface area (Å²) >= 11 is 0.771. The minimum atomic E-state index is -1.09. The fourth-order valence-corrected chi connectivity index (χ4v) is 4.85. The zero-order valence-corrected chi connectivity index (χ0v) is 18.9. The number of primary amides is 1. The average molecular weight is 468 g/mol. The molecular formula is C23H25N5O4S. The lowest BCUT2D eigenvalue weighted by Gasteiger charge is -2.31. The molecule has 4 rings (SSSR count). The molecule has 2 heterocycles. The molecule has 1 aliphatic carbocycles. The van der Waals surface area contributed by atoms with E-state index in [4.69, 9.17) is 15.9 Å². The Kier molecular flexibility index (Phi) is 6.45. The number of para-hydroxylation sites is 1. The van der Waals surface area contributed by atoms with E-state index in [-0.39, 0.29) is 28.2 Å². The number of anilines is 2. The van der Waals surface area contributed by atoms with Gasteiger partial charge >= 0.3 is 0 Å². The van der Waals surface area contributed by atoms with Crippen molar-refractivity contribution in [2.45, 2.75) is 44.7 Å². The number of carbonyl (C=O) groups excluding carboxylic acids is 3. The maximum absolute atomic E-state index is 13.9. The number of rotatable bonds is 7. The summed E-state index contributed by atoms with van der Waals surface area (Å²) in [6.07, 6.45) is 5.32. The van der Waals surface area contributed by atoms with Gasteiger partial charge < -0.3 is 21.2 Å². The zero-order chi connectivity index (χ0) is 23.5.